The Kier molecular flexibility index (Phi) is 7.91. The Bertz CT molecular complexity index is 94.9. The van der Waals surface area contributed by atoms with Crippen LogP contribution in [0.15, 0.2) is 12.2 Å². The molecule has 0 aliphatic carbocycles. The highest BCUT2D eigenvalue weighted by molar-refractivity contribution is 5.50. The van der Waals surface area contributed by atoms with Crippen LogP contribution in [0.1, 0.15) is 39.0 Å². The summed E-state index contributed by atoms with van der Waals surface area (Å²) in [7, 11) is 0. The number of unbranched alkanes of at least 4 members (excludes halogenated alkanes) is 3. The van der Waals surface area contributed by atoms with E-state index in [4.69, 9.17) is 0 Å². The molecule has 0 saturated heterocycles. The third-order valence-corrected chi connectivity index (χ3v) is 1.30. The van der Waals surface area contributed by atoms with Crippen LogP contribution in [0, 0.1) is 0 Å². The van der Waals surface area contributed by atoms with Crippen molar-refractivity contribution in [3.63, 3.8) is 0 Å². The maximum Gasteiger partial charge on any atom is 0.198 e. The molecule has 0 atom stereocenters. The van der Waals surface area contributed by atoms with E-state index in [0.29, 0.717) is 6.42 Å². The van der Waals surface area contributed by atoms with Gasteiger partial charge in [-0.2, -0.15) is 0 Å². The molecule has 0 unspecified atom stereocenters. The highest BCUT2D eigenvalue weighted by Gasteiger charge is 1.83. The van der Waals surface area contributed by atoms with Gasteiger partial charge in [0.25, 0.3) is 0 Å². The molecule has 0 aromatic carbocycles. The highest BCUT2D eigenvalue weighted by atomic mass is 16.1. The van der Waals surface area contributed by atoms with Crippen LogP contribution >= 0.6 is 0 Å². The Morgan fingerprint density at radius 2 is 2.10 bits per heavy atom. The zero-order valence-electron chi connectivity index (χ0n) is 6.60. The van der Waals surface area contributed by atoms with Crippen molar-refractivity contribution in [3.05, 3.63) is 12.2 Å². The predicted octanol–water partition coefficient (Wildman–Crippen LogP) is 2.62. The Morgan fingerprint density at radius 3 is 2.70 bits per heavy atom. The maximum absolute atomic E-state index is 9.75. The summed E-state index contributed by atoms with van der Waals surface area (Å²) >= 11 is 0. The Labute approximate surface area is 63.1 Å². The average molecular weight is 139 g/mol. The maximum atomic E-state index is 9.75. The van der Waals surface area contributed by atoms with Crippen LogP contribution in [-0.4, -0.2) is 6.29 Å². The van der Waals surface area contributed by atoms with E-state index in [2.05, 4.69) is 19.1 Å². The fraction of sp³-hybridized carbons (Fsp3) is 0.667. The molecule has 0 N–H and O–H groups in total. The van der Waals surface area contributed by atoms with Gasteiger partial charge in [-0.05, 0) is 25.7 Å². The topological polar surface area (TPSA) is 17.1 Å². The van der Waals surface area contributed by atoms with Crippen LogP contribution in [0.5, 0.6) is 0 Å². The molecule has 1 nitrogen and oxygen atoms in total. The van der Waals surface area contributed by atoms with Gasteiger partial charge in [-0.15, -0.1) is 0 Å². The Balaban J connectivity index is 2.89. The van der Waals surface area contributed by atoms with Gasteiger partial charge in [0.1, 0.15) is 0 Å². The number of hydrogen-bond donors (Lipinski definition) is 0. The first kappa shape index (κ1) is 9.41. The third-order valence-electron chi connectivity index (χ3n) is 1.30. The minimum absolute atomic E-state index is 0.597. The van der Waals surface area contributed by atoms with Gasteiger partial charge in [0.15, 0.2) is 6.29 Å². The van der Waals surface area contributed by atoms with Crippen LogP contribution < -0.4 is 0 Å². The summed E-state index contributed by atoms with van der Waals surface area (Å²) in [5, 5.41) is 0. The molecule has 1 radical (unpaired) electrons. The number of hydrogen-bond acceptors (Lipinski definition) is 1. The molecule has 0 aliphatic heterocycles. The third kappa shape index (κ3) is 7.41. The quantitative estimate of drug-likeness (QED) is 0.408. The van der Waals surface area contributed by atoms with Crippen molar-refractivity contribution in [1.29, 1.82) is 0 Å². The van der Waals surface area contributed by atoms with Gasteiger partial charge in [0.05, 0.1) is 0 Å². The fourth-order valence-corrected chi connectivity index (χ4v) is 0.744. The van der Waals surface area contributed by atoms with Gasteiger partial charge in [0, 0.05) is 6.42 Å². The lowest BCUT2D eigenvalue weighted by Crippen LogP contribution is -1.75. The van der Waals surface area contributed by atoms with Gasteiger partial charge >= 0.3 is 0 Å². The first-order valence-electron chi connectivity index (χ1n) is 3.91. The van der Waals surface area contributed by atoms with Crippen LogP contribution in [0.25, 0.3) is 0 Å². The average Bonchev–Trinajstić information content (AvgIpc) is 1.97. The van der Waals surface area contributed by atoms with E-state index in [9.17, 15) is 4.79 Å². The second kappa shape index (κ2) is 8.41. The normalized spacial score (nSPS) is 10.5. The summed E-state index contributed by atoms with van der Waals surface area (Å²) in [5.74, 6) is 0. The number of allylic oxidation sites excluding steroid dienone is 2. The number of carbonyl (C=O) groups excluding carboxylic acids is 1. The highest BCUT2D eigenvalue weighted by Crippen LogP contribution is 1.98. The Morgan fingerprint density at radius 1 is 1.30 bits per heavy atom. The number of rotatable bonds is 6. The fourth-order valence-electron chi connectivity index (χ4n) is 0.744. The lowest BCUT2D eigenvalue weighted by atomic mass is 10.2. The van der Waals surface area contributed by atoms with Crippen molar-refractivity contribution in [2.75, 3.05) is 0 Å². The van der Waals surface area contributed by atoms with Crippen LogP contribution in [-0.2, 0) is 4.79 Å². The summed E-state index contributed by atoms with van der Waals surface area (Å²) in [5.41, 5.74) is 0. The largest absolute Gasteiger partial charge is 0.291 e. The zero-order valence-corrected chi connectivity index (χ0v) is 6.60. The molecule has 0 saturated carbocycles. The zero-order chi connectivity index (χ0) is 7.66. The molecule has 0 amide bonds. The summed E-state index contributed by atoms with van der Waals surface area (Å²) in [4.78, 5) is 9.75. The molecule has 0 fully saturated rings. The smallest absolute Gasteiger partial charge is 0.198 e. The minimum Gasteiger partial charge on any atom is -0.291 e. The molecule has 0 aliphatic rings. The molecule has 0 spiro atoms. The van der Waals surface area contributed by atoms with E-state index in [0.717, 1.165) is 25.7 Å². The lowest BCUT2D eigenvalue weighted by Gasteiger charge is -1.88. The molecular formula is C9H15O. The van der Waals surface area contributed by atoms with Gasteiger partial charge in [0.2, 0.25) is 0 Å². The van der Waals surface area contributed by atoms with Gasteiger partial charge < -0.3 is 0 Å². The molecule has 0 aromatic heterocycles. The molecule has 0 aromatic rings. The van der Waals surface area contributed by atoms with E-state index in [1.54, 1.807) is 0 Å². The van der Waals surface area contributed by atoms with Crippen molar-refractivity contribution in [3.8, 4) is 0 Å². The van der Waals surface area contributed by atoms with E-state index in [-0.39, 0.29) is 0 Å². The first-order chi connectivity index (χ1) is 4.91. The summed E-state index contributed by atoms with van der Waals surface area (Å²) < 4.78 is 0. The standard InChI is InChI=1S/C9H15O/c1-2-3-4-5-6-7-8-9-10/h3-4H,2,5-8H2,1H3. The summed E-state index contributed by atoms with van der Waals surface area (Å²) in [6.45, 7) is 2.12. The second-order valence-electron chi connectivity index (χ2n) is 2.27. The SMILES string of the molecule is CCC=CCCCC[C]=O. The molecule has 0 rings (SSSR count). The summed E-state index contributed by atoms with van der Waals surface area (Å²) in [6.07, 6.45) is 11.1. The van der Waals surface area contributed by atoms with E-state index < -0.39 is 0 Å². The Hall–Kier alpha value is -0.590. The first-order valence-corrected chi connectivity index (χ1v) is 3.91. The van der Waals surface area contributed by atoms with Crippen molar-refractivity contribution in [2.45, 2.75) is 39.0 Å². The van der Waals surface area contributed by atoms with E-state index in [1.807, 2.05) is 6.29 Å². The van der Waals surface area contributed by atoms with Crippen molar-refractivity contribution in [1.82, 2.24) is 0 Å². The second-order valence-corrected chi connectivity index (χ2v) is 2.27. The predicted molar refractivity (Wildman–Crippen MR) is 43.6 cm³/mol. The van der Waals surface area contributed by atoms with Gasteiger partial charge in [-0.3, -0.25) is 4.79 Å². The minimum atomic E-state index is 0.597. The van der Waals surface area contributed by atoms with E-state index >= 15 is 0 Å². The molecule has 1 heteroatoms. The van der Waals surface area contributed by atoms with Crippen molar-refractivity contribution < 1.29 is 4.79 Å². The van der Waals surface area contributed by atoms with Gasteiger partial charge in [-0.1, -0.05) is 19.1 Å². The molecule has 10 heavy (non-hydrogen) atoms. The molecule has 0 heterocycles. The van der Waals surface area contributed by atoms with Crippen LogP contribution in [0.2, 0.25) is 0 Å². The van der Waals surface area contributed by atoms with Gasteiger partial charge in [-0.25, -0.2) is 0 Å². The van der Waals surface area contributed by atoms with Crippen molar-refractivity contribution >= 4 is 6.29 Å². The summed E-state index contributed by atoms with van der Waals surface area (Å²) in [6, 6.07) is 0. The van der Waals surface area contributed by atoms with Crippen LogP contribution in [0.4, 0.5) is 0 Å². The monoisotopic (exact) mass is 139 g/mol. The van der Waals surface area contributed by atoms with Crippen LogP contribution in [0.3, 0.4) is 0 Å². The van der Waals surface area contributed by atoms with E-state index in [1.165, 1.54) is 0 Å². The molecule has 0 bridgehead atoms. The molecule has 57 valence electrons. The molecular weight excluding hydrogens is 124 g/mol. The van der Waals surface area contributed by atoms with Crippen molar-refractivity contribution in [2.24, 2.45) is 0 Å². The lowest BCUT2D eigenvalue weighted by molar-refractivity contribution is 0.547.